The number of rotatable bonds is 5. The highest BCUT2D eigenvalue weighted by atomic mass is 16.7. The Morgan fingerprint density at radius 1 is 1.24 bits per heavy atom. The summed E-state index contributed by atoms with van der Waals surface area (Å²) in [5.74, 6) is 0.224. The lowest BCUT2D eigenvalue weighted by Gasteiger charge is -2.37. The van der Waals surface area contributed by atoms with Gasteiger partial charge in [-0.3, -0.25) is 4.79 Å². The molecular weight excluding hydrogens is 264 g/mol. The minimum absolute atomic E-state index is 0.0657. The zero-order chi connectivity index (χ0) is 15.5. The smallest absolute Gasteiger partial charge is 0.163 e. The lowest BCUT2D eigenvalue weighted by molar-refractivity contribution is -0.240. The predicted octanol–water partition coefficient (Wildman–Crippen LogP) is 3.86. The molecule has 3 heteroatoms. The van der Waals surface area contributed by atoms with E-state index in [0.29, 0.717) is 19.6 Å². The van der Waals surface area contributed by atoms with Gasteiger partial charge in [-0.25, -0.2) is 0 Å². The Balaban J connectivity index is 1.89. The standard InChI is InChI=1S/C18H26O3/c1-5-14-6-8-15(9-7-14)16(19)10-13(2)17-20-11-18(3,4)12-21-17/h6-9,13,17H,5,10-12H2,1-4H3. The topological polar surface area (TPSA) is 35.5 Å². The number of benzene rings is 1. The van der Waals surface area contributed by atoms with E-state index in [4.69, 9.17) is 9.47 Å². The molecule has 1 unspecified atom stereocenters. The molecule has 0 saturated carbocycles. The molecule has 1 fully saturated rings. The summed E-state index contributed by atoms with van der Waals surface area (Å²) in [6, 6.07) is 7.88. The Kier molecular flexibility index (Phi) is 5.17. The summed E-state index contributed by atoms with van der Waals surface area (Å²) in [7, 11) is 0. The van der Waals surface area contributed by atoms with Crippen molar-refractivity contribution in [1.29, 1.82) is 0 Å². The maximum absolute atomic E-state index is 12.3. The fourth-order valence-electron chi connectivity index (χ4n) is 2.47. The first-order valence-electron chi connectivity index (χ1n) is 7.76. The fourth-order valence-corrected chi connectivity index (χ4v) is 2.47. The van der Waals surface area contributed by atoms with Gasteiger partial charge in [0.1, 0.15) is 0 Å². The summed E-state index contributed by atoms with van der Waals surface area (Å²) < 4.78 is 11.5. The fraction of sp³-hybridized carbons (Fsp3) is 0.611. The molecule has 1 aliphatic rings. The van der Waals surface area contributed by atoms with Crippen molar-refractivity contribution in [1.82, 2.24) is 0 Å². The number of hydrogen-bond donors (Lipinski definition) is 0. The van der Waals surface area contributed by atoms with E-state index in [2.05, 4.69) is 20.8 Å². The van der Waals surface area contributed by atoms with E-state index in [9.17, 15) is 4.79 Å². The van der Waals surface area contributed by atoms with Crippen LogP contribution in [-0.2, 0) is 15.9 Å². The Bertz CT molecular complexity index is 466. The Morgan fingerprint density at radius 3 is 2.33 bits per heavy atom. The highest BCUT2D eigenvalue weighted by Crippen LogP contribution is 2.27. The molecule has 116 valence electrons. The predicted molar refractivity (Wildman–Crippen MR) is 83.4 cm³/mol. The van der Waals surface area contributed by atoms with Crippen LogP contribution < -0.4 is 0 Å². The SMILES string of the molecule is CCc1ccc(C(=O)CC(C)C2OCC(C)(C)CO2)cc1. The van der Waals surface area contributed by atoms with E-state index in [-0.39, 0.29) is 23.4 Å². The molecule has 0 aliphatic carbocycles. The summed E-state index contributed by atoms with van der Waals surface area (Å²) in [6.07, 6.45) is 1.18. The van der Waals surface area contributed by atoms with Crippen LogP contribution in [0.3, 0.4) is 0 Å². The molecule has 0 N–H and O–H groups in total. The van der Waals surface area contributed by atoms with E-state index in [1.165, 1.54) is 5.56 Å². The first-order chi connectivity index (χ1) is 9.91. The quantitative estimate of drug-likeness (QED) is 0.773. The van der Waals surface area contributed by atoms with E-state index in [0.717, 1.165) is 12.0 Å². The Labute approximate surface area is 127 Å². The Hall–Kier alpha value is -1.19. The molecular formula is C18H26O3. The van der Waals surface area contributed by atoms with Gasteiger partial charge in [0.2, 0.25) is 0 Å². The van der Waals surface area contributed by atoms with Gasteiger partial charge in [-0.05, 0) is 12.0 Å². The van der Waals surface area contributed by atoms with Crippen molar-refractivity contribution in [2.45, 2.75) is 46.8 Å². The zero-order valence-electron chi connectivity index (χ0n) is 13.5. The third-order valence-electron chi connectivity index (χ3n) is 3.93. The molecule has 3 nitrogen and oxygen atoms in total. The Morgan fingerprint density at radius 2 is 1.81 bits per heavy atom. The van der Waals surface area contributed by atoms with Gasteiger partial charge in [0.15, 0.2) is 12.1 Å². The van der Waals surface area contributed by atoms with Crippen LogP contribution >= 0.6 is 0 Å². The van der Waals surface area contributed by atoms with Crippen LogP contribution in [0, 0.1) is 11.3 Å². The minimum Gasteiger partial charge on any atom is -0.352 e. The van der Waals surface area contributed by atoms with Gasteiger partial charge in [-0.2, -0.15) is 0 Å². The van der Waals surface area contributed by atoms with Gasteiger partial charge >= 0.3 is 0 Å². The van der Waals surface area contributed by atoms with Crippen LogP contribution in [-0.4, -0.2) is 25.3 Å². The maximum Gasteiger partial charge on any atom is 0.163 e. The van der Waals surface area contributed by atoms with Gasteiger partial charge in [0, 0.05) is 23.3 Å². The summed E-state index contributed by atoms with van der Waals surface area (Å²) >= 11 is 0. The van der Waals surface area contributed by atoms with E-state index in [1.807, 2.05) is 31.2 Å². The van der Waals surface area contributed by atoms with Crippen molar-refractivity contribution in [3.05, 3.63) is 35.4 Å². The van der Waals surface area contributed by atoms with E-state index < -0.39 is 0 Å². The van der Waals surface area contributed by atoms with E-state index >= 15 is 0 Å². The van der Waals surface area contributed by atoms with Crippen LogP contribution in [0.1, 0.15) is 50.0 Å². The van der Waals surface area contributed by atoms with Crippen molar-refractivity contribution in [2.24, 2.45) is 11.3 Å². The summed E-state index contributed by atoms with van der Waals surface area (Å²) in [5, 5.41) is 0. The minimum atomic E-state index is -0.267. The van der Waals surface area contributed by atoms with Crippen molar-refractivity contribution >= 4 is 5.78 Å². The van der Waals surface area contributed by atoms with Crippen molar-refractivity contribution in [3.8, 4) is 0 Å². The molecule has 1 aromatic carbocycles. The van der Waals surface area contributed by atoms with Crippen LogP contribution in [0.15, 0.2) is 24.3 Å². The number of ether oxygens (including phenoxy) is 2. The molecule has 0 radical (unpaired) electrons. The first-order valence-corrected chi connectivity index (χ1v) is 7.76. The monoisotopic (exact) mass is 290 g/mol. The van der Waals surface area contributed by atoms with Gasteiger partial charge < -0.3 is 9.47 Å². The lowest BCUT2D eigenvalue weighted by Crippen LogP contribution is -2.41. The lowest BCUT2D eigenvalue weighted by atomic mass is 9.93. The third kappa shape index (κ3) is 4.39. The van der Waals surface area contributed by atoms with Crippen LogP contribution in [0.2, 0.25) is 0 Å². The number of carbonyl (C=O) groups is 1. The molecule has 1 aromatic rings. The number of ketones is 1. The molecule has 1 heterocycles. The molecule has 2 rings (SSSR count). The molecule has 21 heavy (non-hydrogen) atoms. The van der Waals surface area contributed by atoms with Crippen LogP contribution in [0.25, 0.3) is 0 Å². The number of Topliss-reactive ketones (excluding diaryl/α,β-unsaturated/α-hetero) is 1. The molecule has 1 atom stereocenters. The molecule has 0 spiro atoms. The molecule has 0 amide bonds. The molecule has 0 aromatic heterocycles. The number of aryl methyl sites for hydroxylation is 1. The van der Waals surface area contributed by atoms with Crippen molar-refractivity contribution in [3.63, 3.8) is 0 Å². The largest absolute Gasteiger partial charge is 0.352 e. The van der Waals surface area contributed by atoms with E-state index in [1.54, 1.807) is 0 Å². The van der Waals surface area contributed by atoms with Crippen LogP contribution in [0.5, 0.6) is 0 Å². The first kappa shape index (κ1) is 16.2. The average Bonchev–Trinajstić information content (AvgIpc) is 2.47. The number of carbonyl (C=O) groups excluding carboxylic acids is 1. The summed E-state index contributed by atoms with van der Waals surface area (Å²) in [6.45, 7) is 9.73. The normalized spacial score (nSPS) is 20.2. The van der Waals surface area contributed by atoms with Crippen molar-refractivity contribution < 1.29 is 14.3 Å². The average molecular weight is 290 g/mol. The summed E-state index contributed by atoms with van der Waals surface area (Å²) in [5.41, 5.74) is 2.09. The van der Waals surface area contributed by atoms with Gasteiger partial charge in [-0.15, -0.1) is 0 Å². The second kappa shape index (κ2) is 6.71. The molecule has 1 saturated heterocycles. The van der Waals surface area contributed by atoms with Gasteiger partial charge in [0.05, 0.1) is 13.2 Å². The van der Waals surface area contributed by atoms with Gasteiger partial charge in [-0.1, -0.05) is 52.0 Å². The third-order valence-corrected chi connectivity index (χ3v) is 3.93. The maximum atomic E-state index is 12.3. The second-order valence-corrected chi connectivity index (χ2v) is 6.81. The van der Waals surface area contributed by atoms with Gasteiger partial charge in [0.25, 0.3) is 0 Å². The van der Waals surface area contributed by atoms with Crippen molar-refractivity contribution in [2.75, 3.05) is 13.2 Å². The highest BCUT2D eigenvalue weighted by molar-refractivity contribution is 5.96. The number of hydrogen-bond acceptors (Lipinski definition) is 3. The van der Waals surface area contributed by atoms with Crippen LogP contribution in [0.4, 0.5) is 0 Å². The summed E-state index contributed by atoms with van der Waals surface area (Å²) in [4.78, 5) is 12.3. The second-order valence-electron chi connectivity index (χ2n) is 6.81. The zero-order valence-corrected chi connectivity index (χ0v) is 13.5. The highest BCUT2D eigenvalue weighted by Gasteiger charge is 2.32. The molecule has 1 aliphatic heterocycles. The molecule has 0 bridgehead atoms.